The van der Waals surface area contributed by atoms with Crippen LogP contribution in [-0.4, -0.2) is 77.7 Å². The molecule has 2 saturated heterocycles. The fourth-order valence-corrected chi connectivity index (χ4v) is 5.05. The smallest absolute Gasteiger partial charge is 0.280 e. The molecule has 0 spiro atoms. The Morgan fingerprint density at radius 1 is 1.12 bits per heavy atom. The van der Waals surface area contributed by atoms with Gasteiger partial charge in [0.05, 0.1) is 47.7 Å². The summed E-state index contributed by atoms with van der Waals surface area (Å²) in [7, 11) is 0. The van der Waals surface area contributed by atoms with Gasteiger partial charge in [0.15, 0.2) is 0 Å². The first-order valence-electron chi connectivity index (χ1n) is 14.7. The number of aliphatic hydroxyl groups excluding tert-OH is 1. The van der Waals surface area contributed by atoms with Gasteiger partial charge < -0.3 is 26.2 Å². The molecule has 7 N–H and O–H groups in total. The second kappa shape index (κ2) is 14.0. The number of ether oxygens (including phenoxy) is 1. The molecular formula is C31H45N9O3. The lowest BCUT2D eigenvalue weighted by Crippen LogP contribution is -2.43. The molecule has 12 nitrogen and oxygen atoms in total. The maximum atomic E-state index is 12.8. The predicted molar refractivity (Wildman–Crippen MR) is 170 cm³/mol. The number of hydrogen-bond donors (Lipinski definition) is 4. The first kappa shape index (κ1) is 31.9. The molecule has 232 valence electrons. The van der Waals surface area contributed by atoms with Crippen LogP contribution >= 0.6 is 0 Å². The monoisotopic (exact) mass is 591 g/mol. The number of carbonyl (C=O) groups is 1. The van der Waals surface area contributed by atoms with Crippen LogP contribution in [0.3, 0.4) is 0 Å². The third-order valence-corrected chi connectivity index (χ3v) is 7.80. The maximum Gasteiger partial charge on any atom is 0.280 e. The van der Waals surface area contributed by atoms with E-state index in [4.69, 9.17) is 22.0 Å². The minimum Gasteiger partial charge on any atom is -0.512 e. The quantitative estimate of drug-likeness (QED) is 0.117. The van der Waals surface area contributed by atoms with Crippen molar-refractivity contribution in [2.45, 2.75) is 40.5 Å². The number of carbonyl (C=O) groups excluding carboxylic acids is 1. The Morgan fingerprint density at radius 2 is 1.81 bits per heavy atom. The van der Waals surface area contributed by atoms with E-state index in [2.05, 4.69) is 24.8 Å². The fourth-order valence-electron chi connectivity index (χ4n) is 5.05. The number of nitrogens with two attached hydrogens (primary N) is 3. The first-order valence-corrected chi connectivity index (χ1v) is 14.7. The number of aryl methyl sites for hydroxylation is 1. The average Bonchev–Trinajstić information content (AvgIpc) is 2.97. The molecule has 0 unspecified atom stereocenters. The Kier molecular flexibility index (Phi) is 10.4. The predicted octanol–water partition coefficient (Wildman–Crippen LogP) is 2.96. The van der Waals surface area contributed by atoms with E-state index in [-0.39, 0.29) is 17.2 Å². The molecule has 2 aromatic rings. The molecule has 4 rings (SSSR count). The largest absolute Gasteiger partial charge is 0.512 e. The van der Waals surface area contributed by atoms with Crippen molar-refractivity contribution in [2.75, 3.05) is 55.8 Å². The first-order chi connectivity index (χ1) is 20.4. The van der Waals surface area contributed by atoms with Gasteiger partial charge in [-0.1, -0.05) is 20.8 Å². The van der Waals surface area contributed by atoms with Gasteiger partial charge in [0.2, 0.25) is 0 Å². The Bertz CT molecular complexity index is 1370. The second-order valence-corrected chi connectivity index (χ2v) is 12.2. The zero-order chi connectivity index (χ0) is 31.1. The maximum absolute atomic E-state index is 12.8. The number of amidine groups is 1. The summed E-state index contributed by atoms with van der Waals surface area (Å²) >= 11 is 0. The second-order valence-electron chi connectivity index (χ2n) is 12.2. The van der Waals surface area contributed by atoms with E-state index >= 15 is 0 Å². The molecule has 2 fully saturated rings. The third kappa shape index (κ3) is 8.76. The van der Waals surface area contributed by atoms with Crippen molar-refractivity contribution in [3.8, 4) is 0 Å². The molecule has 1 amide bonds. The Hall–Kier alpha value is -4.00. The summed E-state index contributed by atoms with van der Waals surface area (Å²) in [5, 5.41) is 11.5. The SMILES string of the molecule is Cc1ncc(C(=O)N=C(N)/C=C(\O)C(C)(C)C)cc1N(N)/C=C(\N)c1cncc(N2CCC(CN3CCOCC3)CC2)c1. The average molecular weight is 592 g/mol. The molecule has 0 atom stereocenters. The fraction of sp³-hybridized carbons (Fsp3) is 0.484. The van der Waals surface area contributed by atoms with Crippen molar-refractivity contribution in [3.05, 3.63) is 65.6 Å². The molecule has 2 aromatic heterocycles. The molecule has 0 saturated carbocycles. The summed E-state index contributed by atoms with van der Waals surface area (Å²) in [5.41, 5.74) is 15.3. The number of aliphatic hydroxyl groups is 1. The molecule has 0 aliphatic carbocycles. The standard InChI is InChI=1S/C31H45N9O3/c1-21-27(14-24(17-36-21)30(42)37-29(33)15-28(41)31(2,3)4)40(34)20-26(32)23-13-25(18-35-16-23)39-7-5-22(6-8-39)19-38-9-11-43-12-10-38/h13-18,20,22,41H,5-12,19,32,34H2,1-4H3,(H2,33,37,42)/b26-20-,28-15-. The zero-order valence-corrected chi connectivity index (χ0v) is 25.7. The lowest BCUT2D eigenvalue weighted by Gasteiger charge is -2.37. The number of morpholine rings is 1. The van der Waals surface area contributed by atoms with Gasteiger partial charge in [0, 0.05) is 68.4 Å². The topological polar surface area (TPSA) is 172 Å². The van der Waals surface area contributed by atoms with E-state index in [1.165, 1.54) is 17.3 Å². The number of amides is 1. The van der Waals surface area contributed by atoms with Crippen molar-refractivity contribution in [1.82, 2.24) is 14.9 Å². The van der Waals surface area contributed by atoms with Crippen molar-refractivity contribution >= 4 is 28.8 Å². The number of anilines is 2. The van der Waals surface area contributed by atoms with Crippen molar-refractivity contribution in [1.29, 1.82) is 0 Å². The van der Waals surface area contributed by atoms with Crippen LogP contribution in [0.1, 0.15) is 55.2 Å². The van der Waals surface area contributed by atoms with Crippen LogP contribution < -0.4 is 27.2 Å². The molecule has 0 radical (unpaired) electrons. The summed E-state index contributed by atoms with van der Waals surface area (Å²) in [6, 6.07) is 3.60. The Labute approximate surface area is 253 Å². The van der Waals surface area contributed by atoms with Crippen LogP contribution in [-0.2, 0) is 4.74 Å². The highest BCUT2D eigenvalue weighted by Gasteiger charge is 2.23. The molecule has 0 aromatic carbocycles. The van der Waals surface area contributed by atoms with Gasteiger partial charge >= 0.3 is 0 Å². The minimum atomic E-state index is -0.611. The molecule has 43 heavy (non-hydrogen) atoms. The molecule has 2 aliphatic rings. The number of nitrogens with zero attached hydrogens (tertiary/aromatic N) is 6. The van der Waals surface area contributed by atoms with E-state index in [1.807, 2.05) is 33.0 Å². The normalized spacial score (nSPS) is 18.2. The van der Waals surface area contributed by atoms with Crippen LogP contribution in [0.5, 0.6) is 0 Å². The van der Waals surface area contributed by atoms with E-state index in [0.29, 0.717) is 23.0 Å². The van der Waals surface area contributed by atoms with Gasteiger partial charge in [-0.15, -0.1) is 0 Å². The molecule has 2 aliphatic heterocycles. The number of rotatable bonds is 8. The summed E-state index contributed by atoms with van der Waals surface area (Å²) in [5.74, 6) is 6.36. The van der Waals surface area contributed by atoms with E-state index in [0.717, 1.165) is 70.0 Å². The Morgan fingerprint density at radius 3 is 2.49 bits per heavy atom. The van der Waals surface area contributed by atoms with Gasteiger partial charge in [0.1, 0.15) is 11.6 Å². The van der Waals surface area contributed by atoms with Crippen LogP contribution in [0.2, 0.25) is 0 Å². The van der Waals surface area contributed by atoms with Crippen molar-refractivity contribution in [2.24, 2.45) is 33.6 Å². The lowest BCUT2D eigenvalue weighted by molar-refractivity contribution is 0.0289. The lowest BCUT2D eigenvalue weighted by atomic mass is 9.93. The van der Waals surface area contributed by atoms with Gasteiger partial charge in [-0.2, -0.15) is 4.99 Å². The highest BCUT2D eigenvalue weighted by atomic mass is 16.5. The summed E-state index contributed by atoms with van der Waals surface area (Å²) in [6.45, 7) is 14.0. The number of aromatic nitrogens is 2. The van der Waals surface area contributed by atoms with Gasteiger partial charge in [-0.05, 0) is 37.8 Å². The molecular weight excluding hydrogens is 546 g/mol. The van der Waals surface area contributed by atoms with E-state index in [1.54, 1.807) is 25.4 Å². The number of hydrazine groups is 1. The number of pyridine rings is 2. The summed E-state index contributed by atoms with van der Waals surface area (Å²) in [6.07, 6.45) is 10.1. The highest BCUT2D eigenvalue weighted by molar-refractivity contribution is 6.06. The number of allylic oxidation sites excluding steroid dienone is 1. The number of aliphatic imine (C=N–C) groups is 1. The highest BCUT2D eigenvalue weighted by Crippen LogP contribution is 2.26. The number of piperidine rings is 1. The third-order valence-electron chi connectivity index (χ3n) is 7.80. The van der Waals surface area contributed by atoms with Crippen molar-refractivity contribution < 1.29 is 14.6 Å². The number of hydrogen-bond acceptors (Lipinski definition) is 10. The van der Waals surface area contributed by atoms with E-state index < -0.39 is 11.3 Å². The van der Waals surface area contributed by atoms with Crippen LogP contribution in [0.15, 0.2) is 53.8 Å². The van der Waals surface area contributed by atoms with Crippen LogP contribution in [0.4, 0.5) is 11.4 Å². The van der Waals surface area contributed by atoms with Crippen molar-refractivity contribution in [3.63, 3.8) is 0 Å². The minimum absolute atomic E-state index is 0.0184. The summed E-state index contributed by atoms with van der Waals surface area (Å²) < 4.78 is 5.48. The van der Waals surface area contributed by atoms with Crippen LogP contribution in [0.25, 0.3) is 5.70 Å². The molecule has 4 heterocycles. The van der Waals surface area contributed by atoms with E-state index in [9.17, 15) is 9.90 Å². The van der Waals surface area contributed by atoms with Gasteiger partial charge in [-0.3, -0.25) is 24.7 Å². The molecule has 12 heteroatoms. The summed E-state index contributed by atoms with van der Waals surface area (Å²) in [4.78, 5) is 30.3. The van der Waals surface area contributed by atoms with Gasteiger partial charge in [-0.25, -0.2) is 5.84 Å². The van der Waals surface area contributed by atoms with Crippen LogP contribution in [0, 0.1) is 18.3 Å². The zero-order valence-electron chi connectivity index (χ0n) is 25.7. The van der Waals surface area contributed by atoms with Gasteiger partial charge in [0.25, 0.3) is 5.91 Å². The Balaban J connectivity index is 1.42. The molecule has 0 bridgehead atoms.